The number of anilines is 2. The second-order valence-corrected chi connectivity index (χ2v) is 5.55. The molecule has 1 aliphatic rings. The Hall–Kier alpha value is -2.83. The van der Waals surface area contributed by atoms with Crippen molar-refractivity contribution in [3.63, 3.8) is 0 Å². The van der Waals surface area contributed by atoms with Gasteiger partial charge in [-0.3, -0.25) is 9.59 Å². The van der Waals surface area contributed by atoms with Gasteiger partial charge in [-0.1, -0.05) is 19.0 Å². The average molecular weight is 329 g/mol. The summed E-state index contributed by atoms with van der Waals surface area (Å²) in [5, 5.41) is 9.53. The van der Waals surface area contributed by atoms with Crippen LogP contribution in [0.3, 0.4) is 0 Å². The number of carbonyl (C=O) groups is 2. The number of nitrogens with one attached hydrogen (secondary N) is 2. The fourth-order valence-electron chi connectivity index (χ4n) is 2.58. The number of nitrogens with zero attached hydrogens (tertiary/aromatic N) is 1. The summed E-state index contributed by atoms with van der Waals surface area (Å²) < 4.78 is 10.7. The summed E-state index contributed by atoms with van der Waals surface area (Å²) in [5.74, 6) is 0.647. The fraction of sp³-hybridized carbons (Fsp3) is 0.353. The molecule has 7 nitrogen and oxygen atoms in total. The molecular formula is C17H19N3O4. The molecule has 2 aromatic rings. The number of ether oxygens (including phenoxy) is 1. The molecule has 126 valence electrons. The summed E-state index contributed by atoms with van der Waals surface area (Å²) in [6.45, 7) is 5.50. The summed E-state index contributed by atoms with van der Waals surface area (Å²) in [4.78, 5) is 24.3. The molecule has 7 heteroatoms. The van der Waals surface area contributed by atoms with E-state index in [-0.39, 0.29) is 11.8 Å². The Morgan fingerprint density at radius 2 is 2.12 bits per heavy atom. The van der Waals surface area contributed by atoms with E-state index in [1.54, 1.807) is 25.1 Å². The van der Waals surface area contributed by atoms with Gasteiger partial charge in [0.25, 0.3) is 11.8 Å². The number of carbonyl (C=O) groups excluding carboxylic acids is 2. The van der Waals surface area contributed by atoms with E-state index >= 15 is 0 Å². The zero-order chi connectivity index (χ0) is 17.3. The maximum absolute atomic E-state index is 12.6. The summed E-state index contributed by atoms with van der Waals surface area (Å²) in [6, 6.07) is 5.11. The maximum Gasteiger partial charge on any atom is 0.265 e. The van der Waals surface area contributed by atoms with Crippen LogP contribution in [-0.2, 0) is 17.6 Å². The molecule has 2 heterocycles. The lowest BCUT2D eigenvalue weighted by atomic mass is 10.1. The van der Waals surface area contributed by atoms with E-state index in [1.807, 2.05) is 13.8 Å². The van der Waals surface area contributed by atoms with Gasteiger partial charge in [0.15, 0.2) is 6.10 Å². The van der Waals surface area contributed by atoms with Crippen LogP contribution in [0, 0.1) is 0 Å². The Morgan fingerprint density at radius 1 is 1.33 bits per heavy atom. The average Bonchev–Trinajstić information content (AvgIpc) is 2.99. The van der Waals surface area contributed by atoms with Gasteiger partial charge in [0.2, 0.25) is 0 Å². The van der Waals surface area contributed by atoms with Crippen LogP contribution in [0.1, 0.15) is 42.6 Å². The molecule has 3 rings (SSSR count). The lowest BCUT2D eigenvalue weighted by Crippen LogP contribution is -2.34. The topological polar surface area (TPSA) is 93.5 Å². The molecule has 1 aliphatic heterocycles. The molecule has 0 bridgehead atoms. The van der Waals surface area contributed by atoms with Crippen LogP contribution in [0.15, 0.2) is 22.7 Å². The van der Waals surface area contributed by atoms with Crippen molar-refractivity contribution in [1.82, 2.24) is 5.16 Å². The highest BCUT2D eigenvalue weighted by Crippen LogP contribution is 2.32. The van der Waals surface area contributed by atoms with Crippen molar-refractivity contribution in [3.05, 3.63) is 35.2 Å². The Kier molecular flexibility index (Phi) is 4.24. The molecule has 2 N–H and O–H groups in total. The molecule has 0 saturated carbocycles. The number of hydrogen-bond donors (Lipinski definition) is 2. The van der Waals surface area contributed by atoms with E-state index in [2.05, 4.69) is 15.8 Å². The second kappa shape index (κ2) is 6.35. The van der Waals surface area contributed by atoms with E-state index in [4.69, 9.17) is 9.26 Å². The van der Waals surface area contributed by atoms with Crippen LogP contribution in [0.2, 0.25) is 0 Å². The predicted molar refractivity (Wildman–Crippen MR) is 88.4 cm³/mol. The van der Waals surface area contributed by atoms with Crippen LogP contribution in [-0.4, -0.2) is 23.1 Å². The molecule has 24 heavy (non-hydrogen) atoms. The van der Waals surface area contributed by atoms with Gasteiger partial charge in [0.1, 0.15) is 17.1 Å². The molecule has 1 unspecified atom stereocenters. The first-order chi connectivity index (χ1) is 11.5. The highest BCUT2D eigenvalue weighted by Gasteiger charge is 2.25. The number of rotatable bonds is 4. The van der Waals surface area contributed by atoms with Crippen LogP contribution in [0.5, 0.6) is 5.75 Å². The van der Waals surface area contributed by atoms with Gasteiger partial charge >= 0.3 is 0 Å². The molecule has 0 radical (unpaired) electrons. The number of aromatic nitrogens is 1. The first kappa shape index (κ1) is 16.0. The molecule has 1 atom stereocenters. The zero-order valence-electron chi connectivity index (χ0n) is 13.8. The lowest BCUT2D eigenvalue weighted by Gasteiger charge is -2.23. The molecule has 0 fully saturated rings. The lowest BCUT2D eigenvalue weighted by molar-refractivity contribution is -0.122. The molecule has 0 aliphatic carbocycles. The molecule has 0 saturated heterocycles. The first-order valence-corrected chi connectivity index (χ1v) is 7.93. The van der Waals surface area contributed by atoms with Crippen molar-refractivity contribution in [1.29, 1.82) is 0 Å². The van der Waals surface area contributed by atoms with Crippen molar-refractivity contribution in [2.75, 3.05) is 10.6 Å². The first-order valence-electron chi connectivity index (χ1n) is 7.93. The van der Waals surface area contributed by atoms with Gasteiger partial charge in [-0.2, -0.15) is 0 Å². The minimum absolute atomic E-state index is 0.216. The summed E-state index contributed by atoms with van der Waals surface area (Å²) in [6.07, 6.45) is 0.661. The maximum atomic E-state index is 12.6. The smallest absolute Gasteiger partial charge is 0.265 e. The van der Waals surface area contributed by atoms with E-state index in [9.17, 15) is 9.59 Å². The predicted octanol–water partition coefficient (Wildman–Crippen LogP) is 2.77. The third-order valence-corrected chi connectivity index (χ3v) is 3.88. The zero-order valence-corrected chi connectivity index (χ0v) is 13.8. The Bertz CT molecular complexity index is 776. The number of amides is 2. The standard InChI is InChI=1S/C17H19N3O4/c1-4-11-15(13(5-2)24-20-11)17(22)18-10-6-7-14-12(8-10)19-16(21)9(3)23-14/h6-9H,4-5H2,1-3H3,(H,18,22)(H,19,21). The van der Waals surface area contributed by atoms with Crippen LogP contribution in [0.25, 0.3) is 0 Å². The van der Waals surface area contributed by atoms with Gasteiger partial charge in [0, 0.05) is 12.1 Å². The van der Waals surface area contributed by atoms with Crippen molar-refractivity contribution in [2.45, 2.75) is 39.7 Å². The summed E-state index contributed by atoms with van der Waals surface area (Å²) in [5.41, 5.74) is 2.20. The van der Waals surface area contributed by atoms with Gasteiger partial charge in [-0.05, 0) is 31.5 Å². The van der Waals surface area contributed by atoms with E-state index in [0.717, 1.165) is 0 Å². The monoisotopic (exact) mass is 329 g/mol. The van der Waals surface area contributed by atoms with Crippen molar-refractivity contribution in [3.8, 4) is 5.75 Å². The number of aryl methyl sites for hydroxylation is 2. The van der Waals surface area contributed by atoms with E-state index in [0.29, 0.717) is 47.0 Å². The third kappa shape index (κ3) is 2.84. The summed E-state index contributed by atoms with van der Waals surface area (Å²) in [7, 11) is 0. The molecule has 2 amide bonds. The van der Waals surface area contributed by atoms with E-state index in [1.165, 1.54) is 0 Å². The molecule has 1 aromatic carbocycles. The minimum Gasteiger partial charge on any atom is -0.479 e. The van der Waals surface area contributed by atoms with Crippen molar-refractivity contribution >= 4 is 23.2 Å². The Balaban J connectivity index is 1.84. The molecule has 1 aromatic heterocycles. The van der Waals surface area contributed by atoms with Gasteiger partial charge in [-0.15, -0.1) is 0 Å². The SMILES string of the molecule is CCc1noc(CC)c1C(=O)Nc1ccc2c(c1)NC(=O)C(C)O2. The van der Waals surface area contributed by atoms with Crippen LogP contribution in [0.4, 0.5) is 11.4 Å². The van der Waals surface area contributed by atoms with Crippen molar-refractivity contribution in [2.24, 2.45) is 0 Å². The van der Waals surface area contributed by atoms with E-state index < -0.39 is 6.10 Å². The number of fused-ring (bicyclic) bond motifs is 1. The number of benzene rings is 1. The Morgan fingerprint density at radius 3 is 2.83 bits per heavy atom. The van der Waals surface area contributed by atoms with Gasteiger partial charge in [0.05, 0.1) is 11.4 Å². The van der Waals surface area contributed by atoms with Gasteiger partial charge in [-0.25, -0.2) is 0 Å². The van der Waals surface area contributed by atoms with Crippen molar-refractivity contribution < 1.29 is 18.8 Å². The highest BCUT2D eigenvalue weighted by molar-refractivity contribution is 6.06. The molecule has 0 spiro atoms. The van der Waals surface area contributed by atoms with Gasteiger partial charge < -0.3 is 19.9 Å². The normalized spacial score (nSPS) is 16.1. The summed E-state index contributed by atoms with van der Waals surface area (Å²) >= 11 is 0. The fourth-order valence-corrected chi connectivity index (χ4v) is 2.58. The molecular weight excluding hydrogens is 310 g/mol. The third-order valence-electron chi connectivity index (χ3n) is 3.88. The number of hydrogen-bond acceptors (Lipinski definition) is 5. The highest BCUT2D eigenvalue weighted by atomic mass is 16.5. The second-order valence-electron chi connectivity index (χ2n) is 5.55. The largest absolute Gasteiger partial charge is 0.479 e. The van der Waals surface area contributed by atoms with Crippen LogP contribution < -0.4 is 15.4 Å². The minimum atomic E-state index is -0.533. The Labute approximate surface area is 139 Å². The van der Waals surface area contributed by atoms with Crippen LogP contribution >= 0.6 is 0 Å². The quantitative estimate of drug-likeness (QED) is 0.899.